The largest absolute Gasteiger partial charge is 0.497 e. The van der Waals surface area contributed by atoms with Crippen molar-refractivity contribution in [2.75, 3.05) is 23.1 Å². The van der Waals surface area contributed by atoms with Crippen LogP contribution in [0.15, 0.2) is 66.9 Å². The molecule has 2 heterocycles. The summed E-state index contributed by atoms with van der Waals surface area (Å²) in [6, 6.07) is 19.4. The van der Waals surface area contributed by atoms with E-state index in [1.807, 2.05) is 37.3 Å². The van der Waals surface area contributed by atoms with Gasteiger partial charge < -0.3 is 20.7 Å². The first-order valence-corrected chi connectivity index (χ1v) is 12.3. The maximum atomic E-state index is 13.1. The first-order chi connectivity index (χ1) is 17.6. The summed E-state index contributed by atoms with van der Waals surface area (Å²) < 4.78 is 5.20. The summed E-state index contributed by atoms with van der Waals surface area (Å²) in [7, 11) is 1.61. The van der Waals surface area contributed by atoms with E-state index in [-0.39, 0.29) is 23.8 Å². The SMILES string of the molecule is COc1ccc(NC(=O)c2nc(N[C@H]3CCCC[C@H]3Nc3ccccn3)c3cc(C)ccc3n2)cc1. The van der Waals surface area contributed by atoms with Crippen LogP contribution in [0.3, 0.4) is 0 Å². The molecule has 0 radical (unpaired) electrons. The van der Waals surface area contributed by atoms with Gasteiger partial charge in [0.05, 0.1) is 12.6 Å². The fourth-order valence-corrected chi connectivity index (χ4v) is 4.61. The minimum atomic E-state index is -0.363. The van der Waals surface area contributed by atoms with Crippen LogP contribution in [0, 0.1) is 6.92 Å². The van der Waals surface area contributed by atoms with Crippen LogP contribution in [0.1, 0.15) is 41.9 Å². The number of anilines is 3. The molecule has 0 saturated heterocycles. The molecule has 3 N–H and O–H groups in total. The highest BCUT2D eigenvalue weighted by molar-refractivity contribution is 6.04. The number of ether oxygens (including phenoxy) is 1. The molecule has 1 amide bonds. The smallest absolute Gasteiger partial charge is 0.293 e. The van der Waals surface area contributed by atoms with Gasteiger partial charge in [0, 0.05) is 29.4 Å². The highest BCUT2D eigenvalue weighted by Crippen LogP contribution is 2.28. The van der Waals surface area contributed by atoms with E-state index < -0.39 is 0 Å². The number of pyridine rings is 1. The number of carbonyl (C=O) groups is 1. The predicted molar refractivity (Wildman–Crippen MR) is 143 cm³/mol. The molecule has 8 nitrogen and oxygen atoms in total. The number of methoxy groups -OCH3 is 1. The highest BCUT2D eigenvalue weighted by atomic mass is 16.5. The lowest BCUT2D eigenvalue weighted by Crippen LogP contribution is -2.42. The molecule has 1 aliphatic rings. The normalized spacial score (nSPS) is 17.4. The summed E-state index contributed by atoms with van der Waals surface area (Å²) in [6.45, 7) is 2.04. The monoisotopic (exact) mass is 482 g/mol. The second-order valence-corrected chi connectivity index (χ2v) is 9.10. The Bertz CT molecular complexity index is 1340. The van der Waals surface area contributed by atoms with Gasteiger partial charge in [-0.25, -0.2) is 15.0 Å². The van der Waals surface area contributed by atoms with Crippen LogP contribution in [-0.4, -0.2) is 40.1 Å². The van der Waals surface area contributed by atoms with Gasteiger partial charge in [-0.05, 0) is 68.3 Å². The fourth-order valence-electron chi connectivity index (χ4n) is 4.61. The third-order valence-electron chi connectivity index (χ3n) is 6.49. The van der Waals surface area contributed by atoms with Crippen molar-refractivity contribution in [3.05, 3.63) is 78.2 Å². The lowest BCUT2D eigenvalue weighted by atomic mass is 9.90. The van der Waals surface area contributed by atoms with Gasteiger partial charge in [-0.15, -0.1) is 0 Å². The maximum Gasteiger partial charge on any atom is 0.293 e. The van der Waals surface area contributed by atoms with Gasteiger partial charge in [-0.3, -0.25) is 4.79 Å². The van der Waals surface area contributed by atoms with Crippen LogP contribution in [0.2, 0.25) is 0 Å². The molecular formula is C28H30N6O2. The summed E-state index contributed by atoms with van der Waals surface area (Å²) >= 11 is 0. The Morgan fingerprint density at radius 2 is 1.72 bits per heavy atom. The van der Waals surface area contributed by atoms with Crippen molar-refractivity contribution in [3.8, 4) is 5.75 Å². The van der Waals surface area contributed by atoms with Gasteiger partial charge in [0.2, 0.25) is 5.82 Å². The topological polar surface area (TPSA) is 101 Å². The van der Waals surface area contributed by atoms with E-state index in [1.165, 1.54) is 0 Å². The molecule has 2 atom stereocenters. The lowest BCUT2D eigenvalue weighted by Gasteiger charge is -2.33. The Labute approximate surface area is 210 Å². The number of fused-ring (bicyclic) bond motifs is 1. The Morgan fingerprint density at radius 1 is 0.944 bits per heavy atom. The van der Waals surface area contributed by atoms with Gasteiger partial charge in [0.25, 0.3) is 5.91 Å². The zero-order chi connectivity index (χ0) is 24.9. The van der Waals surface area contributed by atoms with Crippen molar-refractivity contribution in [2.45, 2.75) is 44.7 Å². The number of aryl methyl sites for hydroxylation is 1. The minimum absolute atomic E-state index is 0.120. The molecule has 1 fully saturated rings. The molecule has 8 heteroatoms. The number of carbonyl (C=O) groups excluding carboxylic acids is 1. The molecule has 1 aliphatic carbocycles. The molecule has 2 aromatic heterocycles. The van der Waals surface area contributed by atoms with Crippen molar-refractivity contribution in [1.29, 1.82) is 0 Å². The number of rotatable bonds is 7. The second-order valence-electron chi connectivity index (χ2n) is 9.10. The quantitative estimate of drug-likeness (QED) is 0.323. The maximum absolute atomic E-state index is 13.1. The minimum Gasteiger partial charge on any atom is -0.497 e. The Balaban J connectivity index is 1.43. The van der Waals surface area contributed by atoms with Crippen LogP contribution >= 0.6 is 0 Å². The third-order valence-corrected chi connectivity index (χ3v) is 6.49. The van der Waals surface area contributed by atoms with Crippen molar-refractivity contribution >= 4 is 34.1 Å². The van der Waals surface area contributed by atoms with Crippen molar-refractivity contribution in [3.63, 3.8) is 0 Å². The van der Waals surface area contributed by atoms with E-state index in [0.717, 1.165) is 53.7 Å². The molecular weight excluding hydrogens is 452 g/mol. The highest BCUT2D eigenvalue weighted by Gasteiger charge is 2.27. The number of aromatic nitrogens is 3. The fraction of sp³-hybridized carbons (Fsp3) is 0.286. The molecule has 5 rings (SSSR count). The molecule has 0 aliphatic heterocycles. The number of amides is 1. The zero-order valence-corrected chi connectivity index (χ0v) is 20.5. The number of hydrogen-bond donors (Lipinski definition) is 3. The van der Waals surface area contributed by atoms with Gasteiger partial charge >= 0.3 is 0 Å². The van der Waals surface area contributed by atoms with Gasteiger partial charge in [-0.1, -0.05) is 30.5 Å². The Kier molecular flexibility index (Phi) is 6.93. The first kappa shape index (κ1) is 23.5. The molecule has 4 aromatic rings. The van der Waals surface area contributed by atoms with E-state index in [1.54, 1.807) is 37.6 Å². The summed E-state index contributed by atoms with van der Waals surface area (Å²) in [5.74, 6) is 2.01. The predicted octanol–water partition coefficient (Wildman–Crippen LogP) is 5.43. The van der Waals surface area contributed by atoms with E-state index in [2.05, 4.69) is 32.0 Å². The number of hydrogen-bond acceptors (Lipinski definition) is 7. The lowest BCUT2D eigenvalue weighted by molar-refractivity contribution is 0.101. The molecule has 1 saturated carbocycles. The zero-order valence-electron chi connectivity index (χ0n) is 20.5. The number of nitrogens with one attached hydrogen (secondary N) is 3. The van der Waals surface area contributed by atoms with E-state index in [4.69, 9.17) is 9.72 Å². The number of benzene rings is 2. The van der Waals surface area contributed by atoms with Crippen LogP contribution in [0.25, 0.3) is 10.9 Å². The first-order valence-electron chi connectivity index (χ1n) is 12.3. The molecule has 184 valence electrons. The van der Waals surface area contributed by atoms with Crippen LogP contribution in [0.4, 0.5) is 17.3 Å². The Hall–Kier alpha value is -4.20. The van der Waals surface area contributed by atoms with Crippen LogP contribution < -0.4 is 20.7 Å². The summed E-state index contributed by atoms with van der Waals surface area (Å²) in [5, 5.41) is 11.0. The average Bonchev–Trinajstić information content (AvgIpc) is 2.91. The molecule has 2 aromatic carbocycles. The van der Waals surface area contributed by atoms with E-state index in [0.29, 0.717) is 11.5 Å². The van der Waals surface area contributed by atoms with Gasteiger partial charge in [0.1, 0.15) is 17.4 Å². The van der Waals surface area contributed by atoms with Crippen LogP contribution in [0.5, 0.6) is 5.75 Å². The Morgan fingerprint density at radius 3 is 2.44 bits per heavy atom. The molecule has 0 unspecified atom stereocenters. The van der Waals surface area contributed by atoms with E-state index in [9.17, 15) is 4.79 Å². The second kappa shape index (κ2) is 10.6. The number of nitrogens with zero attached hydrogens (tertiary/aromatic N) is 3. The van der Waals surface area contributed by atoms with Gasteiger partial charge in [-0.2, -0.15) is 0 Å². The van der Waals surface area contributed by atoms with Crippen LogP contribution in [-0.2, 0) is 0 Å². The third kappa shape index (κ3) is 5.38. The van der Waals surface area contributed by atoms with Crippen molar-refractivity contribution in [2.24, 2.45) is 0 Å². The standard InChI is InChI=1S/C28H30N6O2/c1-18-10-15-22-21(17-18)26(33-24-8-4-3-7-23(24)31-25-9-5-6-16-29-25)34-27(32-22)28(35)30-19-11-13-20(36-2)14-12-19/h5-6,9-17,23-24H,3-4,7-8H2,1-2H3,(H,29,31)(H,30,35)(H,32,33,34)/t23-,24+/m1/s1. The molecule has 0 spiro atoms. The van der Waals surface area contributed by atoms with Crippen molar-refractivity contribution in [1.82, 2.24) is 15.0 Å². The summed E-state index contributed by atoms with van der Waals surface area (Å²) in [4.78, 5) is 26.8. The summed E-state index contributed by atoms with van der Waals surface area (Å²) in [5.41, 5.74) is 2.48. The van der Waals surface area contributed by atoms with E-state index >= 15 is 0 Å². The van der Waals surface area contributed by atoms with Gasteiger partial charge in [0.15, 0.2) is 0 Å². The average molecular weight is 483 g/mol. The molecule has 0 bridgehead atoms. The molecule has 36 heavy (non-hydrogen) atoms. The summed E-state index contributed by atoms with van der Waals surface area (Å²) in [6.07, 6.45) is 6.10. The van der Waals surface area contributed by atoms with Crippen molar-refractivity contribution < 1.29 is 9.53 Å².